The van der Waals surface area contributed by atoms with Crippen molar-refractivity contribution in [3.05, 3.63) is 58.1 Å². The Labute approximate surface area is 159 Å². The van der Waals surface area contributed by atoms with Gasteiger partial charge in [0.05, 0.1) is 6.61 Å². The maximum Gasteiger partial charge on any atom is 0.162 e. The van der Waals surface area contributed by atoms with Crippen LogP contribution in [-0.4, -0.2) is 13.2 Å². The zero-order valence-corrected chi connectivity index (χ0v) is 16.8. The highest BCUT2D eigenvalue weighted by molar-refractivity contribution is 9.10. The van der Waals surface area contributed by atoms with Gasteiger partial charge < -0.3 is 14.8 Å². The van der Waals surface area contributed by atoms with Crippen molar-refractivity contribution in [3.8, 4) is 11.5 Å². The molecule has 0 aliphatic heterocycles. The summed E-state index contributed by atoms with van der Waals surface area (Å²) in [5.41, 5.74) is 2.33. The van der Waals surface area contributed by atoms with Gasteiger partial charge in [-0.25, -0.2) is 0 Å². The molecule has 0 amide bonds. The predicted octanol–water partition coefficient (Wildman–Crippen LogP) is 5.71. The Balaban J connectivity index is 2.02. The minimum Gasteiger partial charge on any atom is -0.490 e. The van der Waals surface area contributed by atoms with E-state index in [1.807, 2.05) is 31.2 Å². The summed E-state index contributed by atoms with van der Waals surface area (Å²) >= 11 is 3.67. The van der Waals surface area contributed by atoms with Gasteiger partial charge in [0, 0.05) is 11.0 Å². The van der Waals surface area contributed by atoms with Crippen LogP contribution in [0.2, 0.25) is 0 Å². The second-order valence-corrected chi connectivity index (χ2v) is 6.84. The Morgan fingerprint density at radius 3 is 2.44 bits per heavy atom. The van der Waals surface area contributed by atoms with Crippen LogP contribution < -0.4 is 14.8 Å². The smallest absolute Gasteiger partial charge is 0.162 e. The van der Waals surface area contributed by atoms with Crippen LogP contribution in [0.1, 0.15) is 44.2 Å². The quantitative estimate of drug-likeness (QED) is 0.485. The Kier molecular flexibility index (Phi) is 8.84. The van der Waals surface area contributed by atoms with E-state index in [1.165, 1.54) is 24.8 Å². The lowest BCUT2D eigenvalue weighted by Crippen LogP contribution is -2.15. The van der Waals surface area contributed by atoms with Gasteiger partial charge in [-0.05, 0) is 43.1 Å². The topological polar surface area (TPSA) is 30.5 Å². The van der Waals surface area contributed by atoms with Gasteiger partial charge in [-0.2, -0.15) is 0 Å². The summed E-state index contributed by atoms with van der Waals surface area (Å²) in [6, 6.07) is 14.2. The molecule has 0 atom stereocenters. The summed E-state index contributed by atoms with van der Waals surface area (Å²) in [5, 5.41) is 3.50. The highest BCUT2D eigenvalue weighted by Gasteiger charge is 2.11. The number of rotatable bonds is 11. The van der Waals surface area contributed by atoms with E-state index >= 15 is 0 Å². The number of benzene rings is 2. The molecule has 3 nitrogen and oxygen atoms in total. The Bertz CT molecular complexity index is 631. The first-order valence-electron chi connectivity index (χ1n) is 9.07. The van der Waals surface area contributed by atoms with Gasteiger partial charge in [-0.1, -0.05) is 66.0 Å². The highest BCUT2D eigenvalue weighted by atomic mass is 79.9. The Hall–Kier alpha value is -1.52. The van der Waals surface area contributed by atoms with Crippen molar-refractivity contribution in [1.29, 1.82) is 0 Å². The lowest BCUT2D eigenvalue weighted by atomic mass is 10.2. The van der Waals surface area contributed by atoms with Crippen LogP contribution in [0.3, 0.4) is 0 Å². The van der Waals surface area contributed by atoms with Crippen molar-refractivity contribution in [3.63, 3.8) is 0 Å². The van der Waals surface area contributed by atoms with Crippen molar-refractivity contribution >= 4 is 15.9 Å². The fraction of sp³-hybridized carbons (Fsp3) is 0.429. The molecule has 0 bridgehead atoms. The summed E-state index contributed by atoms with van der Waals surface area (Å²) < 4.78 is 12.8. The molecule has 0 unspecified atom stereocenters. The van der Waals surface area contributed by atoms with Gasteiger partial charge >= 0.3 is 0 Å². The molecule has 0 saturated carbocycles. The van der Waals surface area contributed by atoms with Crippen molar-refractivity contribution in [2.45, 2.75) is 46.3 Å². The molecule has 0 aliphatic rings. The second kappa shape index (κ2) is 11.2. The molecule has 4 heteroatoms. The Morgan fingerprint density at radius 1 is 0.960 bits per heavy atom. The predicted molar refractivity (Wildman–Crippen MR) is 107 cm³/mol. The number of ether oxygens (including phenoxy) is 2. The number of unbranched alkanes of at least 4 members (excludes halogenated alkanes) is 2. The molecule has 136 valence electrons. The highest BCUT2D eigenvalue weighted by Crippen LogP contribution is 2.34. The fourth-order valence-electron chi connectivity index (χ4n) is 2.55. The van der Waals surface area contributed by atoms with E-state index in [-0.39, 0.29) is 0 Å². The molecule has 0 radical (unpaired) electrons. The molecular weight excluding hydrogens is 378 g/mol. The van der Waals surface area contributed by atoms with Gasteiger partial charge in [0.25, 0.3) is 0 Å². The third kappa shape index (κ3) is 6.71. The first-order chi connectivity index (χ1) is 12.2. The average molecular weight is 406 g/mol. The minimum atomic E-state index is 0.530. The molecule has 2 rings (SSSR count). The van der Waals surface area contributed by atoms with E-state index in [0.29, 0.717) is 13.2 Å². The van der Waals surface area contributed by atoms with Crippen LogP contribution in [0.15, 0.2) is 46.9 Å². The summed E-state index contributed by atoms with van der Waals surface area (Å²) in [6.45, 7) is 7.22. The molecule has 25 heavy (non-hydrogen) atoms. The Morgan fingerprint density at radius 2 is 1.72 bits per heavy atom. The van der Waals surface area contributed by atoms with Gasteiger partial charge in [-0.15, -0.1) is 0 Å². The normalized spacial score (nSPS) is 10.7. The third-order valence-corrected chi connectivity index (χ3v) is 4.66. The largest absolute Gasteiger partial charge is 0.490 e. The van der Waals surface area contributed by atoms with Crippen molar-refractivity contribution in [1.82, 2.24) is 5.32 Å². The van der Waals surface area contributed by atoms with Gasteiger partial charge in [0.2, 0.25) is 0 Å². The summed E-state index contributed by atoms with van der Waals surface area (Å²) in [5.74, 6) is 1.57. The second-order valence-electron chi connectivity index (χ2n) is 5.98. The van der Waals surface area contributed by atoms with Crippen molar-refractivity contribution in [2.75, 3.05) is 13.2 Å². The maximum absolute atomic E-state index is 5.99. The van der Waals surface area contributed by atoms with Crippen LogP contribution in [0.25, 0.3) is 0 Å². The molecule has 0 saturated heterocycles. The molecule has 0 aliphatic carbocycles. The number of nitrogens with one attached hydrogen (secondary N) is 1. The standard InChI is InChI=1S/C21H28BrNO2/c1-3-5-9-12-23-15-18-13-20(24-4-2)21(14-19(18)22)25-16-17-10-7-6-8-11-17/h6-8,10-11,13-14,23H,3-5,9,12,15-16H2,1-2H3. The summed E-state index contributed by atoms with van der Waals surface area (Å²) in [4.78, 5) is 0. The van der Waals surface area contributed by atoms with E-state index < -0.39 is 0 Å². The summed E-state index contributed by atoms with van der Waals surface area (Å²) in [7, 11) is 0. The molecule has 2 aromatic carbocycles. The average Bonchev–Trinajstić information content (AvgIpc) is 2.63. The number of hydrogen-bond donors (Lipinski definition) is 1. The van der Waals surface area contributed by atoms with Gasteiger partial charge in [-0.3, -0.25) is 0 Å². The zero-order chi connectivity index (χ0) is 17.9. The van der Waals surface area contributed by atoms with Crippen molar-refractivity contribution < 1.29 is 9.47 Å². The molecule has 0 heterocycles. The molecular formula is C21H28BrNO2. The van der Waals surface area contributed by atoms with Crippen LogP contribution in [0, 0.1) is 0 Å². The van der Waals surface area contributed by atoms with Crippen LogP contribution in [0.5, 0.6) is 11.5 Å². The third-order valence-electron chi connectivity index (χ3n) is 3.92. The zero-order valence-electron chi connectivity index (χ0n) is 15.2. The first kappa shape index (κ1) is 19.8. The van der Waals surface area contributed by atoms with Crippen LogP contribution in [-0.2, 0) is 13.2 Å². The van der Waals surface area contributed by atoms with Gasteiger partial charge in [0.15, 0.2) is 11.5 Å². The summed E-state index contributed by atoms with van der Waals surface area (Å²) in [6.07, 6.45) is 3.72. The molecule has 0 spiro atoms. The lowest BCUT2D eigenvalue weighted by molar-refractivity contribution is 0.269. The molecule has 2 aromatic rings. The van der Waals surface area contributed by atoms with E-state index in [9.17, 15) is 0 Å². The van der Waals surface area contributed by atoms with E-state index in [2.05, 4.69) is 46.4 Å². The monoisotopic (exact) mass is 405 g/mol. The fourth-order valence-corrected chi connectivity index (χ4v) is 3.01. The molecule has 0 fully saturated rings. The van der Waals surface area contributed by atoms with E-state index in [1.54, 1.807) is 0 Å². The molecule has 0 aromatic heterocycles. The van der Waals surface area contributed by atoms with Gasteiger partial charge in [0.1, 0.15) is 6.61 Å². The lowest BCUT2D eigenvalue weighted by Gasteiger charge is -2.15. The van der Waals surface area contributed by atoms with E-state index in [0.717, 1.165) is 34.6 Å². The minimum absolute atomic E-state index is 0.530. The van der Waals surface area contributed by atoms with E-state index in [4.69, 9.17) is 9.47 Å². The van der Waals surface area contributed by atoms with Crippen LogP contribution in [0.4, 0.5) is 0 Å². The van der Waals surface area contributed by atoms with Crippen LogP contribution >= 0.6 is 15.9 Å². The first-order valence-corrected chi connectivity index (χ1v) is 9.86. The SMILES string of the molecule is CCCCCNCc1cc(OCC)c(OCc2ccccc2)cc1Br. The number of halogens is 1. The van der Waals surface area contributed by atoms with Crippen molar-refractivity contribution in [2.24, 2.45) is 0 Å². The number of hydrogen-bond acceptors (Lipinski definition) is 3. The maximum atomic E-state index is 5.99. The molecule has 1 N–H and O–H groups in total.